The molecule has 0 bridgehead atoms. The molecule has 0 fully saturated rings. The van der Waals surface area contributed by atoms with Crippen LogP contribution in [0.3, 0.4) is 0 Å². The Morgan fingerprint density at radius 2 is 1.12 bits per heavy atom. The number of fused-ring (bicyclic) bond motifs is 8. The maximum atomic E-state index is 13.3. The van der Waals surface area contributed by atoms with Gasteiger partial charge < -0.3 is 24.4 Å². The Labute approximate surface area is 401 Å². The maximum Gasteiger partial charge on any atom is 0.337 e. The van der Waals surface area contributed by atoms with Crippen molar-refractivity contribution >= 4 is 66.1 Å². The molecular weight excluding hydrogens is 863 g/mol. The molecule has 69 heavy (non-hydrogen) atoms. The van der Waals surface area contributed by atoms with E-state index in [-0.39, 0.29) is 6.61 Å². The van der Waals surface area contributed by atoms with Crippen molar-refractivity contribution in [2.75, 3.05) is 0 Å². The van der Waals surface area contributed by atoms with Crippen LogP contribution in [0.5, 0.6) is 5.88 Å². The fraction of sp³-hybridized carbons (Fsp3) is 0.271. The number of aromatic nitrogens is 3. The van der Waals surface area contributed by atoms with Crippen LogP contribution in [-0.2, 0) is 25.7 Å². The molecule has 0 amide bonds. The number of ether oxygens (including phenoxy) is 3. The molecule has 0 saturated heterocycles. The number of carbonyl (C=O) groups is 2. The van der Waals surface area contributed by atoms with Gasteiger partial charge in [-0.2, -0.15) is 0 Å². The maximum absolute atomic E-state index is 13.3. The van der Waals surface area contributed by atoms with Gasteiger partial charge in [-0.3, -0.25) is 9.97 Å². The molecule has 2 N–H and O–H groups in total. The summed E-state index contributed by atoms with van der Waals surface area (Å²) in [4.78, 5) is 41.1. The summed E-state index contributed by atoms with van der Waals surface area (Å²) in [5.41, 5.74) is 9.32. The predicted octanol–water partition coefficient (Wildman–Crippen LogP) is 14.0. The highest BCUT2D eigenvalue weighted by Crippen LogP contribution is 2.47. The van der Waals surface area contributed by atoms with Gasteiger partial charge in [-0.1, -0.05) is 90.5 Å². The third-order valence-electron chi connectivity index (χ3n) is 13.0. The minimum atomic E-state index is -1.28. The van der Waals surface area contributed by atoms with Crippen molar-refractivity contribution in [3.05, 3.63) is 154 Å². The van der Waals surface area contributed by atoms with Crippen LogP contribution in [0.4, 0.5) is 0 Å². The van der Waals surface area contributed by atoms with Crippen LogP contribution in [0.25, 0.3) is 76.4 Å². The Morgan fingerprint density at radius 1 is 0.565 bits per heavy atom. The van der Waals surface area contributed by atoms with E-state index < -0.39 is 35.3 Å². The van der Waals surface area contributed by atoms with Crippen molar-refractivity contribution < 1.29 is 34.0 Å². The van der Waals surface area contributed by atoms with Crippen LogP contribution in [-0.4, -0.2) is 48.3 Å². The van der Waals surface area contributed by atoms with Gasteiger partial charge >= 0.3 is 11.9 Å². The predicted molar refractivity (Wildman–Crippen MR) is 275 cm³/mol. The Balaban J connectivity index is 1.21. The molecule has 9 rings (SSSR count). The molecule has 0 spiro atoms. The van der Waals surface area contributed by atoms with Gasteiger partial charge in [0.25, 0.3) is 0 Å². The molecule has 6 aromatic carbocycles. The number of aliphatic carboxylic acids is 2. The van der Waals surface area contributed by atoms with Crippen molar-refractivity contribution in [2.45, 2.75) is 106 Å². The van der Waals surface area contributed by atoms with E-state index in [1.807, 2.05) is 149 Å². The van der Waals surface area contributed by atoms with E-state index in [4.69, 9.17) is 24.2 Å². The Morgan fingerprint density at radius 3 is 1.70 bits per heavy atom. The normalized spacial score (nSPS) is 13.1. The molecule has 9 aromatic rings. The second-order valence-electron chi connectivity index (χ2n) is 20.1. The lowest BCUT2D eigenvalue weighted by molar-refractivity contribution is -0.161. The zero-order valence-corrected chi connectivity index (χ0v) is 41.0. The van der Waals surface area contributed by atoms with Gasteiger partial charge in [-0.05, 0) is 148 Å². The molecule has 350 valence electrons. The quantitative estimate of drug-likeness (QED) is 0.120. The second-order valence-corrected chi connectivity index (χ2v) is 20.1. The van der Waals surface area contributed by atoms with E-state index in [1.165, 1.54) is 0 Å². The zero-order valence-electron chi connectivity index (χ0n) is 41.0. The number of hydrogen-bond donors (Lipinski definition) is 2. The van der Waals surface area contributed by atoms with Crippen LogP contribution >= 0.6 is 0 Å². The first-order valence-corrected chi connectivity index (χ1v) is 23.3. The first-order valence-electron chi connectivity index (χ1n) is 23.3. The average molecular weight is 920 g/mol. The lowest BCUT2D eigenvalue weighted by Gasteiger charge is -2.29. The molecule has 10 nitrogen and oxygen atoms in total. The van der Waals surface area contributed by atoms with E-state index in [0.717, 1.165) is 93.2 Å². The Hall–Kier alpha value is -7.27. The molecule has 3 heterocycles. The van der Waals surface area contributed by atoms with E-state index >= 15 is 0 Å². The summed E-state index contributed by atoms with van der Waals surface area (Å²) in [5.74, 6) is -1.76. The number of hydrogen-bond acceptors (Lipinski definition) is 8. The summed E-state index contributed by atoms with van der Waals surface area (Å²) >= 11 is 0. The molecule has 2 atom stereocenters. The summed E-state index contributed by atoms with van der Waals surface area (Å²) in [7, 11) is 0. The van der Waals surface area contributed by atoms with Gasteiger partial charge in [0.1, 0.15) is 6.61 Å². The third kappa shape index (κ3) is 8.64. The summed E-state index contributed by atoms with van der Waals surface area (Å²) in [6, 6.07) is 30.5. The van der Waals surface area contributed by atoms with E-state index in [9.17, 15) is 19.8 Å². The highest BCUT2D eigenvalue weighted by atomic mass is 16.5. The van der Waals surface area contributed by atoms with Crippen LogP contribution < -0.4 is 4.74 Å². The summed E-state index contributed by atoms with van der Waals surface area (Å²) < 4.78 is 19.6. The average Bonchev–Trinajstić information content (AvgIpc) is 3.30. The molecule has 3 aromatic heterocycles. The molecule has 0 aliphatic carbocycles. The topological polar surface area (TPSA) is 141 Å². The molecule has 0 radical (unpaired) electrons. The lowest BCUT2D eigenvalue weighted by atomic mass is 9.84. The summed E-state index contributed by atoms with van der Waals surface area (Å²) in [5, 5.41) is 29.1. The molecule has 0 unspecified atom stereocenters. The van der Waals surface area contributed by atoms with E-state index in [1.54, 1.807) is 12.4 Å². The highest BCUT2D eigenvalue weighted by molar-refractivity contribution is 6.21. The minimum absolute atomic E-state index is 0.155. The number of carboxylic acids is 2. The number of benzene rings is 6. The minimum Gasteiger partial charge on any atom is -0.479 e. The molecule has 10 heteroatoms. The van der Waals surface area contributed by atoms with E-state index in [0.29, 0.717) is 33.6 Å². The number of aryl methyl sites for hydroxylation is 5. The van der Waals surface area contributed by atoms with Gasteiger partial charge in [0.05, 0.1) is 27.6 Å². The number of rotatable bonds is 11. The third-order valence-corrected chi connectivity index (χ3v) is 13.0. The first-order chi connectivity index (χ1) is 32.7. The molecule has 0 aliphatic heterocycles. The van der Waals surface area contributed by atoms with Gasteiger partial charge in [-0.15, -0.1) is 0 Å². The van der Waals surface area contributed by atoms with Gasteiger partial charge in [0.2, 0.25) is 5.88 Å². The van der Waals surface area contributed by atoms with Crippen LogP contribution in [0, 0.1) is 34.6 Å². The first kappa shape index (κ1) is 46.8. The standard InChI is InChI=1S/C59H57N3O7/c1-31-16-20-38(21-17-31)44-32(2)46-42-25-24-37-14-12-13-15-41(37)50(42)55(62-52(46)35(5)49(44)54(57(65)66)69-59(9,10)11)67-30-36-18-22-39(23-19-36)45-33(3)47-43-29-60-27-26-40(43)28-61-51(47)34(4)48(45)53(56(63)64)68-58(6,7)8/h12-29,53-54H,30H2,1-11H3,(H,63,64)(H,65,66)/t53-,54-/m0/s1. The smallest absolute Gasteiger partial charge is 0.337 e. The van der Waals surface area contributed by atoms with Crippen molar-refractivity contribution in [2.24, 2.45) is 0 Å². The van der Waals surface area contributed by atoms with Crippen molar-refractivity contribution in [1.82, 2.24) is 15.0 Å². The summed E-state index contributed by atoms with van der Waals surface area (Å²) in [6.45, 7) is 21.2. The van der Waals surface area contributed by atoms with Crippen LogP contribution in [0.15, 0.2) is 110 Å². The molecule has 0 saturated carbocycles. The molecular formula is C59H57N3O7. The van der Waals surface area contributed by atoms with Crippen LogP contribution in [0.2, 0.25) is 0 Å². The zero-order chi connectivity index (χ0) is 49.3. The monoisotopic (exact) mass is 919 g/mol. The Kier molecular flexibility index (Phi) is 12.0. The lowest BCUT2D eigenvalue weighted by Crippen LogP contribution is -2.28. The van der Waals surface area contributed by atoms with Crippen molar-refractivity contribution in [1.29, 1.82) is 0 Å². The van der Waals surface area contributed by atoms with E-state index in [2.05, 4.69) is 29.2 Å². The number of carboxylic acid groups (broad SMARTS) is 2. The summed E-state index contributed by atoms with van der Waals surface area (Å²) in [6.07, 6.45) is 2.82. The van der Waals surface area contributed by atoms with Crippen molar-refractivity contribution in [3.8, 4) is 28.1 Å². The van der Waals surface area contributed by atoms with Crippen LogP contribution in [0.1, 0.15) is 98.3 Å². The van der Waals surface area contributed by atoms with Gasteiger partial charge in [0, 0.05) is 51.3 Å². The number of pyridine rings is 3. The SMILES string of the molecule is Cc1ccc(-c2c([C@H](OC(C)(C)C)C(=O)O)c(C)c3nc(OCc4ccc(-c5c([C@H](OC(C)(C)C)C(=O)O)c(C)c6ncc7ccncc7c6c5C)cc4)c4c5ccccc5ccc4c3c2C)cc1. The van der Waals surface area contributed by atoms with Gasteiger partial charge in [-0.25, -0.2) is 14.6 Å². The number of nitrogens with zero attached hydrogens (tertiary/aromatic N) is 3. The molecule has 0 aliphatic rings. The second kappa shape index (κ2) is 17.7. The Bertz CT molecular complexity index is 3530. The van der Waals surface area contributed by atoms with Gasteiger partial charge in [0.15, 0.2) is 12.2 Å². The fourth-order valence-electron chi connectivity index (χ4n) is 10.0. The highest BCUT2D eigenvalue weighted by Gasteiger charge is 2.35. The largest absolute Gasteiger partial charge is 0.479 e. The van der Waals surface area contributed by atoms with Crippen molar-refractivity contribution in [3.63, 3.8) is 0 Å². The fourth-order valence-corrected chi connectivity index (χ4v) is 10.0.